The van der Waals surface area contributed by atoms with Crippen LogP contribution in [-0.2, 0) is 4.79 Å². The van der Waals surface area contributed by atoms with E-state index >= 15 is 0 Å². The number of anilines is 2. The van der Waals surface area contributed by atoms with Gasteiger partial charge in [-0.2, -0.15) is 0 Å². The van der Waals surface area contributed by atoms with Gasteiger partial charge in [0.05, 0.1) is 5.69 Å². The van der Waals surface area contributed by atoms with E-state index in [1.165, 1.54) is 30.7 Å². The molecule has 26 heavy (non-hydrogen) atoms. The van der Waals surface area contributed by atoms with Crippen LogP contribution in [0.5, 0.6) is 0 Å². The van der Waals surface area contributed by atoms with Gasteiger partial charge in [0, 0.05) is 31.6 Å². The minimum absolute atomic E-state index is 0.0520. The number of carbonyl (C=O) groups excluding carboxylic acids is 2. The molecule has 136 valence electrons. The summed E-state index contributed by atoms with van der Waals surface area (Å²) in [6.45, 7) is 2.65. The van der Waals surface area contributed by atoms with E-state index in [4.69, 9.17) is 0 Å². The van der Waals surface area contributed by atoms with Gasteiger partial charge in [0.1, 0.15) is 5.82 Å². The van der Waals surface area contributed by atoms with E-state index in [1.54, 1.807) is 4.90 Å². The van der Waals surface area contributed by atoms with E-state index in [9.17, 15) is 14.0 Å². The fraction of sp³-hybridized carbons (Fsp3) is 0.300. The third kappa shape index (κ3) is 4.39. The minimum Gasteiger partial charge on any atom is -0.324 e. The quantitative estimate of drug-likeness (QED) is 0.867. The zero-order chi connectivity index (χ0) is 18.5. The van der Waals surface area contributed by atoms with Crippen LogP contribution in [0.2, 0.25) is 0 Å². The van der Waals surface area contributed by atoms with Crippen molar-refractivity contribution >= 4 is 23.3 Å². The molecule has 1 heterocycles. The molecule has 1 aliphatic heterocycles. The van der Waals surface area contributed by atoms with Crippen molar-refractivity contribution in [3.63, 3.8) is 0 Å². The summed E-state index contributed by atoms with van der Waals surface area (Å²) in [5.74, 6) is -0.590. The molecule has 1 saturated heterocycles. The van der Waals surface area contributed by atoms with Gasteiger partial charge in [-0.3, -0.25) is 4.79 Å². The molecule has 6 heteroatoms. The lowest BCUT2D eigenvalue weighted by Crippen LogP contribution is -2.41. The predicted octanol–water partition coefficient (Wildman–Crippen LogP) is 4.20. The van der Waals surface area contributed by atoms with Crippen molar-refractivity contribution < 1.29 is 14.0 Å². The highest BCUT2D eigenvalue weighted by molar-refractivity contribution is 5.92. The monoisotopic (exact) mass is 355 g/mol. The summed E-state index contributed by atoms with van der Waals surface area (Å²) >= 11 is 0. The van der Waals surface area contributed by atoms with Crippen molar-refractivity contribution in [2.45, 2.75) is 25.7 Å². The van der Waals surface area contributed by atoms with Crippen LogP contribution in [0.25, 0.3) is 0 Å². The number of rotatable bonds is 3. The van der Waals surface area contributed by atoms with Gasteiger partial charge >= 0.3 is 6.03 Å². The average Bonchev–Trinajstić information content (AvgIpc) is 2.65. The molecule has 3 amide bonds. The molecule has 5 nitrogen and oxygen atoms in total. The van der Waals surface area contributed by atoms with Crippen LogP contribution in [0.1, 0.15) is 31.2 Å². The Morgan fingerprint density at radius 3 is 2.62 bits per heavy atom. The van der Waals surface area contributed by atoms with Crippen molar-refractivity contribution in [2.24, 2.45) is 0 Å². The van der Waals surface area contributed by atoms with Crippen LogP contribution in [0.3, 0.4) is 0 Å². The highest BCUT2D eigenvalue weighted by atomic mass is 19.1. The molecule has 1 fully saturated rings. The van der Waals surface area contributed by atoms with E-state index in [1.807, 2.05) is 18.2 Å². The van der Waals surface area contributed by atoms with Gasteiger partial charge in [-0.15, -0.1) is 0 Å². The summed E-state index contributed by atoms with van der Waals surface area (Å²) in [5, 5.41) is 5.21. The van der Waals surface area contributed by atoms with E-state index in [2.05, 4.69) is 22.8 Å². The maximum absolute atomic E-state index is 13.7. The SMILES string of the molecule is CC(=O)Nc1cc(NC(=O)N2CCC[C@@H](c3ccccc3)C2)ccc1F. The Labute approximate surface area is 152 Å². The standard InChI is InChI=1S/C20H22FN3O2/c1-14(25)22-19-12-17(9-10-18(19)21)23-20(26)24-11-5-8-16(13-24)15-6-3-2-4-7-15/h2-4,6-7,9-10,12,16H,5,8,11,13H2,1H3,(H,22,25)(H,23,26)/t16-/m1/s1. The molecule has 0 unspecified atom stereocenters. The van der Waals surface area contributed by atoms with Crippen molar-refractivity contribution in [1.29, 1.82) is 0 Å². The second-order valence-electron chi connectivity index (χ2n) is 6.50. The summed E-state index contributed by atoms with van der Waals surface area (Å²) in [6.07, 6.45) is 1.99. The van der Waals surface area contributed by atoms with E-state index in [0.717, 1.165) is 12.8 Å². The van der Waals surface area contributed by atoms with Crippen molar-refractivity contribution in [3.8, 4) is 0 Å². The number of benzene rings is 2. The highest BCUT2D eigenvalue weighted by Gasteiger charge is 2.24. The Kier molecular flexibility index (Phi) is 5.51. The lowest BCUT2D eigenvalue weighted by molar-refractivity contribution is -0.114. The maximum Gasteiger partial charge on any atom is 0.321 e. The first-order valence-electron chi connectivity index (χ1n) is 8.71. The average molecular weight is 355 g/mol. The molecule has 1 aliphatic rings. The molecular weight excluding hydrogens is 333 g/mol. The molecule has 2 aromatic carbocycles. The Bertz CT molecular complexity index is 795. The Morgan fingerprint density at radius 1 is 1.12 bits per heavy atom. The van der Waals surface area contributed by atoms with Crippen LogP contribution in [-0.4, -0.2) is 29.9 Å². The number of likely N-dealkylation sites (tertiary alicyclic amines) is 1. The van der Waals surface area contributed by atoms with Crippen LogP contribution >= 0.6 is 0 Å². The van der Waals surface area contributed by atoms with E-state index < -0.39 is 5.82 Å². The fourth-order valence-corrected chi connectivity index (χ4v) is 3.25. The number of halogens is 1. The molecule has 2 N–H and O–H groups in total. The lowest BCUT2D eigenvalue weighted by atomic mass is 9.91. The normalized spacial score (nSPS) is 16.8. The second-order valence-corrected chi connectivity index (χ2v) is 6.50. The smallest absolute Gasteiger partial charge is 0.321 e. The molecule has 0 saturated carbocycles. The zero-order valence-electron chi connectivity index (χ0n) is 14.7. The Hall–Kier alpha value is -2.89. The molecule has 0 aromatic heterocycles. The topological polar surface area (TPSA) is 61.4 Å². The number of nitrogens with one attached hydrogen (secondary N) is 2. The Morgan fingerprint density at radius 2 is 1.88 bits per heavy atom. The van der Waals surface area contributed by atoms with E-state index in [-0.39, 0.29) is 17.6 Å². The van der Waals surface area contributed by atoms with Crippen LogP contribution in [0.4, 0.5) is 20.6 Å². The summed E-state index contributed by atoms with van der Waals surface area (Å²) in [5.41, 5.74) is 1.73. The predicted molar refractivity (Wildman–Crippen MR) is 99.7 cm³/mol. The molecule has 3 rings (SSSR count). The van der Waals surface area contributed by atoms with Gasteiger partial charge in [-0.05, 0) is 36.6 Å². The molecule has 0 bridgehead atoms. The van der Waals surface area contributed by atoms with Gasteiger partial charge in [0.25, 0.3) is 0 Å². The zero-order valence-corrected chi connectivity index (χ0v) is 14.7. The molecule has 2 aromatic rings. The molecular formula is C20H22FN3O2. The van der Waals surface area contributed by atoms with Gasteiger partial charge in [0.15, 0.2) is 0 Å². The number of hydrogen-bond donors (Lipinski definition) is 2. The van der Waals surface area contributed by atoms with Crippen LogP contribution in [0.15, 0.2) is 48.5 Å². The highest BCUT2D eigenvalue weighted by Crippen LogP contribution is 2.27. The van der Waals surface area contributed by atoms with Crippen molar-refractivity contribution in [1.82, 2.24) is 4.90 Å². The number of amides is 3. The number of piperidine rings is 1. The van der Waals surface area contributed by atoms with E-state index in [0.29, 0.717) is 24.7 Å². The van der Waals surface area contributed by atoms with Gasteiger partial charge < -0.3 is 15.5 Å². The van der Waals surface area contributed by atoms with Gasteiger partial charge in [0.2, 0.25) is 5.91 Å². The van der Waals surface area contributed by atoms with Gasteiger partial charge in [-0.25, -0.2) is 9.18 Å². The van der Waals surface area contributed by atoms with Crippen LogP contribution < -0.4 is 10.6 Å². The first-order valence-corrected chi connectivity index (χ1v) is 8.71. The van der Waals surface area contributed by atoms with Gasteiger partial charge in [-0.1, -0.05) is 30.3 Å². The van der Waals surface area contributed by atoms with Crippen LogP contribution in [0, 0.1) is 5.82 Å². The molecule has 0 spiro atoms. The largest absolute Gasteiger partial charge is 0.324 e. The third-order valence-electron chi connectivity index (χ3n) is 4.51. The summed E-state index contributed by atoms with van der Waals surface area (Å²) in [4.78, 5) is 25.5. The molecule has 0 radical (unpaired) electrons. The van der Waals surface area contributed by atoms with Crippen molar-refractivity contribution in [3.05, 3.63) is 59.9 Å². The number of urea groups is 1. The fourth-order valence-electron chi connectivity index (χ4n) is 3.25. The number of hydrogen-bond acceptors (Lipinski definition) is 2. The first kappa shape index (κ1) is 17.9. The third-order valence-corrected chi connectivity index (χ3v) is 4.51. The first-order chi connectivity index (χ1) is 12.5. The molecule has 0 aliphatic carbocycles. The lowest BCUT2D eigenvalue weighted by Gasteiger charge is -2.33. The number of nitrogens with zero attached hydrogens (tertiary/aromatic N) is 1. The summed E-state index contributed by atoms with van der Waals surface area (Å²) in [7, 11) is 0. The summed E-state index contributed by atoms with van der Waals surface area (Å²) < 4.78 is 13.7. The summed E-state index contributed by atoms with van der Waals surface area (Å²) in [6, 6.07) is 14.1. The van der Waals surface area contributed by atoms with Crippen molar-refractivity contribution in [2.75, 3.05) is 23.7 Å². The second kappa shape index (κ2) is 7.99. The number of carbonyl (C=O) groups is 2. The molecule has 1 atom stereocenters. The Balaban J connectivity index is 1.67. The maximum atomic E-state index is 13.7. The minimum atomic E-state index is -0.541.